The van der Waals surface area contributed by atoms with E-state index in [1.807, 2.05) is 39.2 Å². The van der Waals surface area contributed by atoms with Gasteiger partial charge in [-0.05, 0) is 75.2 Å². The van der Waals surface area contributed by atoms with E-state index < -0.39 is 0 Å². The number of hydrogen-bond donors (Lipinski definition) is 2. The summed E-state index contributed by atoms with van der Waals surface area (Å²) in [4.78, 5) is 14.6. The van der Waals surface area contributed by atoms with Crippen molar-refractivity contribution in [1.82, 2.24) is 24.9 Å². The minimum Gasteiger partial charge on any atom is -0.325 e. The zero-order valence-electron chi connectivity index (χ0n) is 20.0. The first-order valence-electron chi connectivity index (χ1n) is 11.6. The molecule has 1 amide bonds. The topological polar surface area (TPSA) is 78.8 Å². The van der Waals surface area contributed by atoms with Crippen molar-refractivity contribution in [3.63, 3.8) is 0 Å². The Labute approximate surface area is 199 Å². The van der Waals surface area contributed by atoms with E-state index in [0.717, 1.165) is 59.6 Å². The molecule has 2 aromatic heterocycles. The quantitative estimate of drug-likeness (QED) is 0.524. The minimum atomic E-state index is -0.381. The fourth-order valence-corrected chi connectivity index (χ4v) is 4.55. The third-order valence-corrected chi connectivity index (χ3v) is 6.16. The van der Waals surface area contributed by atoms with Crippen molar-refractivity contribution in [2.24, 2.45) is 7.05 Å². The number of aryl methyl sites for hydroxylation is 2. The van der Waals surface area contributed by atoms with Crippen LogP contribution in [-0.4, -0.2) is 50.4 Å². The highest BCUT2D eigenvalue weighted by Crippen LogP contribution is 2.31. The summed E-state index contributed by atoms with van der Waals surface area (Å²) in [6, 6.07) is 3.20. The van der Waals surface area contributed by atoms with E-state index in [1.54, 1.807) is 17.0 Å². The Hall–Kier alpha value is -3.52. The number of hydrogen-bond acceptors (Lipinski definition) is 4. The van der Waals surface area contributed by atoms with Crippen LogP contribution in [-0.2, 0) is 11.8 Å². The van der Waals surface area contributed by atoms with Gasteiger partial charge >= 0.3 is 0 Å². The summed E-state index contributed by atoms with van der Waals surface area (Å²) >= 11 is 0. The molecule has 0 radical (unpaired) electrons. The molecule has 3 aromatic rings. The van der Waals surface area contributed by atoms with E-state index in [9.17, 15) is 4.79 Å². The standard InChI is InChI=1S/C26H31FN6O/c1-5-23-21(26(31-30-23)19-14-28-32(4)15-19)12-18(3)25-17(2)11-20(13-22(25)27)29-24(34)16-33-9-7-6-8-10-33/h5,11-15H,1,6-10,16H2,2-4H3,(H,29,34)(H,30,31)/b18-12+. The second-order valence-electron chi connectivity index (χ2n) is 8.87. The molecule has 2 N–H and O–H groups in total. The molecule has 34 heavy (non-hydrogen) atoms. The maximum Gasteiger partial charge on any atom is 0.238 e. The molecule has 8 heteroatoms. The third kappa shape index (κ3) is 5.17. The molecular formula is C26H31FN6O. The number of nitrogens with zero attached hydrogens (tertiary/aromatic N) is 4. The largest absolute Gasteiger partial charge is 0.325 e. The fraction of sp³-hybridized carbons (Fsp3) is 0.346. The number of aromatic amines is 1. The molecule has 0 atom stereocenters. The number of H-pyrrole nitrogens is 1. The van der Waals surface area contributed by atoms with Gasteiger partial charge < -0.3 is 5.32 Å². The van der Waals surface area contributed by atoms with Crippen LogP contribution < -0.4 is 5.32 Å². The molecule has 178 valence electrons. The van der Waals surface area contributed by atoms with Gasteiger partial charge in [0.15, 0.2) is 0 Å². The van der Waals surface area contributed by atoms with Crippen molar-refractivity contribution in [1.29, 1.82) is 0 Å². The zero-order valence-corrected chi connectivity index (χ0v) is 20.0. The van der Waals surface area contributed by atoms with Gasteiger partial charge in [-0.1, -0.05) is 13.0 Å². The lowest BCUT2D eigenvalue weighted by Crippen LogP contribution is -2.36. The molecule has 0 bridgehead atoms. The van der Waals surface area contributed by atoms with Crippen LogP contribution in [0.4, 0.5) is 10.1 Å². The Morgan fingerprint density at radius 3 is 2.71 bits per heavy atom. The fourth-order valence-electron chi connectivity index (χ4n) is 4.55. The Kier molecular flexibility index (Phi) is 7.07. The SMILES string of the molecule is C=Cc1[nH]nc(-c2cnn(C)c2)c1/C=C(\C)c1c(C)cc(NC(=O)CN2CCCCC2)cc1F. The van der Waals surface area contributed by atoms with Gasteiger partial charge in [-0.15, -0.1) is 0 Å². The average molecular weight is 463 g/mol. The second kappa shape index (κ2) is 10.2. The van der Waals surface area contributed by atoms with Gasteiger partial charge in [0.2, 0.25) is 5.91 Å². The van der Waals surface area contributed by atoms with Crippen LogP contribution in [0.2, 0.25) is 0 Å². The van der Waals surface area contributed by atoms with Crippen molar-refractivity contribution in [2.75, 3.05) is 25.0 Å². The molecule has 0 saturated carbocycles. The van der Waals surface area contributed by atoms with E-state index in [4.69, 9.17) is 0 Å². The van der Waals surface area contributed by atoms with E-state index in [0.29, 0.717) is 17.8 Å². The van der Waals surface area contributed by atoms with Crippen LogP contribution >= 0.6 is 0 Å². The molecule has 0 aliphatic carbocycles. The van der Waals surface area contributed by atoms with E-state index >= 15 is 4.39 Å². The predicted molar refractivity (Wildman–Crippen MR) is 134 cm³/mol. The molecule has 1 fully saturated rings. The Morgan fingerprint density at radius 2 is 2.06 bits per heavy atom. The molecule has 4 rings (SSSR count). The van der Waals surface area contributed by atoms with E-state index in [2.05, 4.69) is 32.1 Å². The number of amides is 1. The third-order valence-electron chi connectivity index (χ3n) is 6.16. The van der Waals surface area contributed by atoms with Crippen LogP contribution in [0.5, 0.6) is 0 Å². The van der Waals surface area contributed by atoms with Crippen LogP contribution in [0.1, 0.15) is 48.6 Å². The molecular weight excluding hydrogens is 431 g/mol. The number of halogens is 1. The van der Waals surface area contributed by atoms with Gasteiger partial charge in [0.05, 0.1) is 18.4 Å². The summed E-state index contributed by atoms with van der Waals surface area (Å²) in [5.74, 6) is -0.496. The molecule has 7 nitrogen and oxygen atoms in total. The summed E-state index contributed by atoms with van der Waals surface area (Å²) in [7, 11) is 1.84. The molecule has 0 unspecified atom stereocenters. The van der Waals surface area contributed by atoms with Gasteiger partial charge in [-0.2, -0.15) is 10.2 Å². The van der Waals surface area contributed by atoms with Gasteiger partial charge in [-0.25, -0.2) is 4.39 Å². The van der Waals surface area contributed by atoms with Crippen molar-refractivity contribution in [3.8, 4) is 11.3 Å². The number of piperidine rings is 1. The van der Waals surface area contributed by atoms with Crippen LogP contribution in [0.25, 0.3) is 29.0 Å². The van der Waals surface area contributed by atoms with Gasteiger partial charge in [0, 0.05) is 35.6 Å². The number of rotatable bonds is 7. The van der Waals surface area contributed by atoms with Gasteiger partial charge in [0.25, 0.3) is 0 Å². The van der Waals surface area contributed by atoms with E-state index in [-0.39, 0.29) is 11.7 Å². The summed E-state index contributed by atoms with van der Waals surface area (Å²) < 4.78 is 17.0. The highest BCUT2D eigenvalue weighted by atomic mass is 19.1. The minimum absolute atomic E-state index is 0.115. The molecule has 1 saturated heterocycles. The van der Waals surface area contributed by atoms with Crippen molar-refractivity contribution in [3.05, 3.63) is 59.3 Å². The molecule has 1 aliphatic rings. The Balaban J connectivity index is 1.58. The Morgan fingerprint density at radius 1 is 1.29 bits per heavy atom. The van der Waals surface area contributed by atoms with E-state index in [1.165, 1.54) is 12.5 Å². The number of allylic oxidation sites excluding steroid dienone is 1. The number of likely N-dealkylation sites (tertiary alicyclic amines) is 1. The van der Waals surface area contributed by atoms with Crippen LogP contribution in [0.3, 0.4) is 0 Å². The maximum atomic E-state index is 15.2. The van der Waals surface area contributed by atoms with Crippen LogP contribution in [0.15, 0.2) is 31.1 Å². The van der Waals surface area contributed by atoms with Crippen LogP contribution in [0, 0.1) is 12.7 Å². The first kappa shape index (κ1) is 23.6. The highest BCUT2D eigenvalue weighted by Gasteiger charge is 2.18. The Bertz CT molecular complexity index is 1210. The van der Waals surface area contributed by atoms with Gasteiger partial charge in [0.1, 0.15) is 11.5 Å². The number of anilines is 1. The van der Waals surface area contributed by atoms with Crippen molar-refractivity contribution in [2.45, 2.75) is 33.1 Å². The lowest BCUT2D eigenvalue weighted by atomic mass is 9.97. The molecule has 0 spiro atoms. The van der Waals surface area contributed by atoms with Crippen molar-refractivity contribution >= 4 is 29.3 Å². The average Bonchev–Trinajstić information content (AvgIpc) is 3.39. The number of carbonyl (C=O) groups is 1. The number of benzene rings is 1. The lowest BCUT2D eigenvalue weighted by Gasteiger charge is -2.25. The maximum absolute atomic E-state index is 15.2. The number of aromatic nitrogens is 4. The van der Waals surface area contributed by atoms with Gasteiger partial charge in [-0.3, -0.25) is 19.5 Å². The zero-order chi connectivity index (χ0) is 24.2. The monoisotopic (exact) mass is 462 g/mol. The molecule has 1 aliphatic heterocycles. The van der Waals surface area contributed by atoms with Crippen molar-refractivity contribution < 1.29 is 9.18 Å². The first-order chi connectivity index (χ1) is 16.4. The summed E-state index contributed by atoms with van der Waals surface area (Å²) in [6.07, 6.45) is 10.7. The highest BCUT2D eigenvalue weighted by molar-refractivity contribution is 5.93. The second-order valence-corrected chi connectivity index (χ2v) is 8.87. The summed E-state index contributed by atoms with van der Waals surface area (Å²) in [5.41, 5.74) is 5.61. The summed E-state index contributed by atoms with van der Waals surface area (Å²) in [6.45, 7) is 9.79. The number of nitrogens with one attached hydrogen (secondary N) is 2. The predicted octanol–water partition coefficient (Wildman–Crippen LogP) is 4.89. The molecule has 3 heterocycles. The smallest absolute Gasteiger partial charge is 0.238 e. The normalized spacial score (nSPS) is 14.9. The molecule has 1 aromatic carbocycles. The summed E-state index contributed by atoms with van der Waals surface area (Å²) in [5, 5.41) is 14.5. The number of carbonyl (C=O) groups excluding carboxylic acids is 1. The lowest BCUT2D eigenvalue weighted by molar-refractivity contribution is -0.117. The first-order valence-corrected chi connectivity index (χ1v) is 11.6.